The van der Waals surface area contributed by atoms with Crippen molar-refractivity contribution in [1.29, 1.82) is 0 Å². The highest BCUT2D eigenvalue weighted by Crippen LogP contribution is 2.22. The van der Waals surface area contributed by atoms with Gasteiger partial charge in [-0.05, 0) is 53.0 Å². The maximum atomic E-state index is 13.4. The van der Waals surface area contributed by atoms with E-state index in [0.717, 1.165) is 5.56 Å². The average molecular weight is 458 g/mol. The van der Waals surface area contributed by atoms with Crippen LogP contribution in [0.3, 0.4) is 0 Å². The summed E-state index contributed by atoms with van der Waals surface area (Å²) in [5.74, 6) is 1.46. The van der Waals surface area contributed by atoms with Crippen LogP contribution in [-0.2, 0) is 20.7 Å². The number of hydrogen-bond acceptors (Lipinski definition) is 4. The van der Waals surface area contributed by atoms with E-state index in [1.807, 2.05) is 78.8 Å². The molecule has 4 N–H and O–H groups in total. The fourth-order valence-corrected chi connectivity index (χ4v) is 3.34. The van der Waals surface area contributed by atoms with Crippen LogP contribution in [0, 0.1) is 18.3 Å². The smallest absolute Gasteiger partial charge is 0.243 e. The van der Waals surface area contributed by atoms with Gasteiger partial charge < -0.3 is 21.1 Å². The molecular formula is C27H43N3O3. The zero-order valence-corrected chi connectivity index (χ0v) is 21.5. The summed E-state index contributed by atoms with van der Waals surface area (Å²) in [6.45, 7) is 13.7. The van der Waals surface area contributed by atoms with Crippen molar-refractivity contribution in [2.75, 3.05) is 6.61 Å². The fraction of sp³-hybridized carbons (Fsp3) is 0.630. The SMILES string of the molecule is C#CCC(C)(CC)NC(=O)[C@H](Cc1ccccc1)NC(=O)[C@H](COC(C)(C)C)C(C)(N)CC. The lowest BCUT2D eigenvalue weighted by Crippen LogP contribution is -2.59. The third-order valence-electron chi connectivity index (χ3n) is 6.17. The predicted molar refractivity (Wildman–Crippen MR) is 134 cm³/mol. The van der Waals surface area contributed by atoms with Gasteiger partial charge in [0.2, 0.25) is 11.8 Å². The molecule has 6 nitrogen and oxygen atoms in total. The van der Waals surface area contributed by atoms with Gasteiger partial charge in [0.15, 0.2) is 0 Å². The Hall–Kier alpha value is -2.36. The number of hydrogen-bond donors (Lipinski definition) is 3. The first kappa shape index (κ1) is 28.7. The van der Waals surface area contributed by atoms with Crippen LogP contribution in [0.25, 0.3) is 0 Å². The highest BCUT2D eigenvalue weighted by atomic mass is 16.5. The zero-order valence-electron chi connectivity index (χ0n) is 21.5. The quantitative estimate of drug-likeness (QED) is 0.418. The number of carbonyl (C=O) groups excluding carboxylic acids is 2. The van der Waals surface area contributed by atoms with Gasteiger partial charge in [-0.1, -0.05) is 44.2 Å². The molecule has 2 unspecified atom stereocenters. The van der Waals surface area contributed by atoms with Crippen molar-refractivity contribution in [3.05, 3.63) is 35.9 Å². The number of nitrogens with one attached hydrogen (secondary N) is 2. The third-order valence-corrected chi connectivity index (χ3v) is 6.17. The van der Waals surface area contributed by atoms with E-state index in [4.69, 9.17) is 16.9 Å². The zero-order chi connectivity index (χ0) is 25.3. The van der Waals surface area contributed by atoms with E-state index in [9.17, 15) is 9.59 Å². The number of amides is 2. The molecule has 1 aromatic rings. The van der Waals surface area contributed by atoms with Crippen molar-refractivity contribution >= 4 is 11.8 Å². The summed E-state index contributed by atoms with van der Waals surface area (Å²) in [6.07, 6.45) is 7.54. The van der Waals surface area contributed by atoms with Crippen molar-refractivity contribution in [2.24, 2.45) is 11.7 Å². The average Bonchev–Trinajstić information content (AvgIpc) is 2.73. The van der Waals surface area contributed by atoms with Crippen molar-refractivity contribution < 1.29 is 14.3 Å². The summed E-state index contributed by atoms with van der Waals surface area (Å²) in [5.41, 5.74) is 5.69. The summed E-state index contributed by atoms with van der Waals surface area (Å²) >= 11 is 0. The molecule has 2 amide bonds. The maximum Gasteiger partial charge on any atom is 0.243 e. The maximum absolute atomic E-state index is 13.4. The Labute approximate surface area is 200 Å². The molecule has 184 valence electrons. The van der Waals surface area contributed by atoms with Gasteiger partial charge in [0.05, 0.1) is 18.1 Å². The molecule has 0 aliphatic carbocycles. The molecule has 0 heterocycles. The third kappa shape index (κ3) is 9.57. The standard InChI is InChI=1S/C27H43N3O3/c1-9-17-26(7,10-2)30-24(32)22(18-20-15-13-12-14-16-20)29-23(31)21(27(8,28)11-3)19-33-25(4,5)6/h1,12-16,21-22H,10-11,17-19,28H2,2-8H3,(H,29,31)(H,30,32)/t21-,22-,26?,27?/m0/s1. The molecule has 0 saturated heterocycles. The molecule has 6 heteroatoms. The number of benzene rings is 1. The van der Waals surface area contributed by atoms with E-state index < -0.39 is 28.6 Å². The highest BCUT2D eigenvalue weighted by Gasteiger charge is 2.38. The predicted octanol–water partition coefficient (Wildman–Crippen LogP) is 3.58. The number of carbonyl (C=O) groups is 2. The van der Waals surface area contributed by atoms with Crippen LogP contribution >= 0.6 is 0 Å². The van der Waals surface area contributed by atoms with Crippen LogP contribution in [-0.4, -0.2) is 41.1 Å². The van der Waals surface area contributed by atoms with E-state index in [1.165, 1.54) is 0 Å². The van der Waals surface area contributed by atoms with Crippen LogP contribution < -0.4 is 16.4 Å². The number of ether oxygens (including phenoxy) is 1. The van der Waals surface area contributed by atoms with E-state index in [1.54, 1.807) is 0 Å². The summed E-state index contributed by atoms with van der Waals surface area (Å²) < 4.78 is 5.93. The van der Waals surface area contributed by atoms with Crippen LogP contribution in [0.4, 0.5) is 0 Å². The molecule has 0 saturated carbocycles. The molecular weight excluding hydrogens is 414 g/mol. The number of rotatable bonds is 12. The summed E-state index contributed by atoms with van der Waals surface area (Å²) in [7, 11) is 0. The van der Waals surface area contributed by atoms with Crippen LogP contribution in [0.1, 0.15) is 73.3 Å². The summed E-state index contributed by atoms with van der Waals surface area (Å²) in [5, 5.41) is 6.03. The van der Waals surface area contributed by atoms with E-state index in [0.29, 0.717) is 25.7 Å². The topological polar surface area (TPSA) is 93.5 Å². The van der Waals surface area contributed by atoms with Gasteiger partial charge in [0, 0.05) is 23.9 Å². The second kappa shape index (κ2) is 12.2. The molecule has 1 rings (SSSR count). The fourth-order valence-electron chi connectivity index (χ4n) is 3.34. The Morgan fingerprint density at radius 2 is 1.67 bits per heavy atom. The van der Waals surface area contributed by atoms with Gasteiger partial charge in [0.25, 0.3) is 0 Å². The van der Waals surface area contributed by atoms with E-state index in [-0.39, 0.29) is 18.4 Å². The molecule has 0 aliphatic heterocycles. The Morgan fingerprint density at radius 3 is 2.15 bits per heavy atom. The molecule has 33 heavy (non-hydrogen) atoms. The molecule has 0 aromatic heterocycles. The Bertz CT molecular complexity index is 808. The molecule has 0 spiro atoms. The van der Waals surface area contributed by atoms with Crippen molar-refractivity contribution in [3.8, 4) is 12.3 Å². The summed E-state index contributed by atoms with van der Waals surface area (Å²) in [6, 6.07) is 8.84. The first-order valence-electron chi connectivity index (χ1n) is 11.8. The molecule has 4 atom stereocenters. The largest absolute Gasteiger partial charge is 0.375 e. The molecule has 0 aliphatic rings. The van der Waals surface area contributed by atoms with Crippen LogP contribution in [0.2, 0.25) is 0 Å². The minimum Gasteiger partial charge on any atom is -0.375 e. The van der Waals surface area contributed by atoms with Gasteiger partial charge in [-0.3, -0.25) is 9.59 Å². The van der Waals surface area contributed by atoms with Gasteiger partial charge in [-0.2, -0.15) is 0 Å². The Morgan fingerprint density at radius 1 is 1.06 bits per heavy atom. The first-order chi connectivity index (χ1) is 15.3. The van der Waals surface area contributed by atoms with Crippen molar-refractivity contribution in [3.63, 3.8) is 0 Å². The van der Waals surface area contributed by atoms with Gasteiger partial charge in [-0.15, -0.1) is 12.3 Å². The molecule has 0 radical (unpaired) electrons. The second-order valence-corrected chi connectivity index (χ2v) is 10.4. The Kier molecular flexibility index (Phi) is 10.6. The van der Waals surface area contributed by atoms with Crippen LogP contribution in [0.5, 0.6) is 0 Å². The first-order valence-corrected chi connectivity index (χ1v) is 11.8. The lowest BCUT2D eigenvalue weighted by molar-refractivity contribution is -0.137. The van der Waals surface area contributed by atoms with Crippen molar-refractivity contribution in [2.45, 2.75) is 96.9 Å². The minimum absolute atomic E-state index is 0.166. The Balaban J connectivity index is 3.18. The lowest BCUT2D eigenvalue weighted by Gasteiger charge is -2.36. The van der Waals surface area contributed by atoms with Crippen LogP contribution in [0.15, 0.2) is 30.3 Å². The normalized spacial score (nSPS) is 17.1. The van der Waals surface area contributed by atoms with Gasteiger partial charge >= 0.3 is 0 Å². The van der Waals surface area contributed by atoms with Crippen molar-refractivity contribution in [1.82, 2.24) is 10.6 Å². The molecule has 0 fully saturated rings. The monoisotopic (exact) mass is 457 g/mol. The number of nitrogens with two attached hydrogens (primary N) is 1. The van der Waals surface area contributed by atoms with Gasteiger partial charge in [0.1, 0.15) is 6.04 Å². The minimum atomic E-state index is -0.787. The van der Waals surface area contributed by atoms with Gasteiger partial charge in [-0.25, -0.2) is 0 Å². The summed E-state index contributed by atoms with van der Waals surface area (Å²) in [4.78, 5) is 26.8. The van der Waals surface area contributed by atoms with E-state index in [2.05, 4.69) is 16.6 Å². The second-order valence-electron chi connectivity index (χ2n) is 10.4. The van der Waals surface area contributed by atoms with E-state index >= 15 is 0 Å². The lowest BCUT2D eigenvalue weighted by atomic mass is 9.83. The molecule has 0 bridgehead atoms. The number of terminal acetylenes is 1. The molecule has 1 aromatic carbocycles. The highest BCUT2D eigenvalue weighted by molar-refractivity contribution is 5.89.